The summed E-state index contributed by atoms with van der Waals surface area (Å²) < 4.78 is 11.0. The van der Waals surface area contributed by atoms with Crippen molar-refractivity contribution < 1.29 is 14.3 Å². The van der Waals surface area contributed by atoms with Crippen molar-refractivity contribution in [3.63, 3.8) is 0 Å². The maximum absolute atomic E-state index is 12.1. The highest BCUT2D eigenvalue weighted by Crippen LogP contribution is 2.35. The zero-order chi connectivity index (χ0) is 22.8. The fourth-order valence-corrected chi connectivity index (χ4v) is 3.85. The highest BCUT2D eigenvalue weighted by Gasteiger charge is 2.20. The van der Waals surface area contributed by atoms with Crippen LogP contribution in [-0.2, 0) is 9.53 Å². The summed E-state index contributed by atoms with van der Waals surface area (Å²) in [4.78, 5) is 12.1. The van der Waals surface area contributed by atoms with E-state index in [0.717, 1.165) is 28.7 Å². The molecule has 32 heavy (non-hydrogen) atoms. The van der Waals surface area contributed by atoms with Gasteiger partial charge in [-0.3, -0.25) is 0 Å². The predicted octanol–water partition coefficient (Wildman–Crippen LogP) is 7.00. The van der Waals surface area contributed by atoms with Crippen LogP contribution in [0.2, 0.25) is 0 Å². The molecule has 0 aliphatic carbocycles. The summed E-state index contributed by atoms with van der Waals surface area (Å²) in [5.74, 6) is 0.830. The number of carbonyl (C=O) groups is 1. The van der Waals surface area contributed by atoms with Gasteiger partial charge in [0.15, 0.2) is 6.10 Å². The first kappa shape index (κ1) is 23.6. The molecule has 0 saturated carbocycles. The number of hydrogen-bond acceptors (Lipinski definition) is 3. The Morgan fingerprint density at radius 3 is 1.91 bits per heavy atom. The van der Waals surface area contributed by atoms with E-state index < -0.39 is 6.10 Å². The summed E-state index contributed by atoms with van der Waals surface area (Å²) in [7, 11) is 0. The first-order valence-corrected chi connectivity index (χ1v) is 11.5. The van der Waals surface area contributed by atoms with Gasteiger partial charge in [0.25, 0.3) is 0 Å². The van der Waals surface area contributed by atoms with Crippen LogP contribution in [-0.4, -0.2) is 24.6 Å². The molecule has 0 amide bonds. The molecule has 1 atom stereocenters. The Morgan fingerprint density at radius 1 is 0.812 bits per heavy atom. The molecule has 0 spiro atoms. The van der Waals surface area contributed by atoms with Gasteiger partial charge in [0.05, 0.1) is 6.61 Å². The van der Waals surface area contributed by atoms with E-state index >= 15 is 0 Å². The van der Waals surface area contributed by atoms with Gasteiger partial charge in [0, 0.05) is 5.88 Å². The Balaban J connectivity index is 2.02. The predicted molar refractivity (Wildman–Crippen MR) is 132 cm³/mol. The Bertz CT molecular complexity index is 1010. The van der Waals surface area contributed by atoms with Crippen LogP contribution in [0.1, 0.15) is 43.4 Å². The number of ether oxygens (including phenoxy) is 2. The van der Waals surface area contributed by atoms with Crippen molar-refractivity contribution in [2.45, 2.75) is 32.8 Å². The first-order valence-electron chi connectivity index (χ1n) is 11.0. The molecule has 0 unspecified atom stereocenters. The molecule has 0 N–H and O–H groups in total. The van der Waals surface area contributed by atoms with Crippen molar-refractivity contribution in [2.24, 2.45) is 0 Å². The van der Waals surface area contributed by atoms with E-state index in [4.69, 9.17) is 21.1 Å². The van der Waals surface area contributed by atoms with Gasteiger partial charge < -0.3 is 9.47 Å². The first-order chi connectivity index (χ1) is 15.7. The second kappa shape index (κ2) is 12.1. The van der Waals surface area contributed by atoms with Gasteiger partial charge in [-0.15, -0.1) is 11.6 Å². The van der Waals surface area contributed by atoms with Crippen molar-refractivity contribution in [1.29, 1.82) is 0 Å². The Morgan fingerprint density at radius 2 is 1.38 bits per heavy atom. The van der Waals surface area contributed by atoms with E-state index in [2.05, 4.69) is 24.3 Å². The highest BCUT2D eigenvalue weighted by molar-refractivity contribution is 6.18. The summed E-state index contributed by atoms with van der Waals surface area (Å²) in [6.07, 6.45) is 0.680. The zero-order valence-corrected chi connectivity index (χ0v) is 19.3. The molecule has 166 valence electrons. The standard InChI is InChI=1S/C28H29ClO3/c1-3-26(28(30)31-4-2)32-24-17-15-23(16-18-24)27(22-13-9-6-10-14-22)25(19-20-29)21-11-7-5-8-12-21/h5-18,26H,3-4,19-20H2,1-2H3/t26-/m0/s1. The molecule has 0 heterocycles. The molecule has 0 bridgehead atoms. The Hall–Kier alpha value is -3.04. The van der Waals surface area contributed by atoms with Crippen molar-refractivity contribution >= 4 is 28.7 Å². The fourth-order valence-electron chi connectivity index (χ4n) is 3.67. The average Bonchev–Trinajstić information content (AvgIpc) is 2.84. The number of carbonyl (C=O) groups excluding carboxylic acids is 1. The van der Waals surface area contributed by atoms with E-state index in [1.54, 1.807) is 6.92 Å². The van der Waals surface area contributed by atoms with Gasteiger partial charge in [0.1, 0.15) is 5.75 Å². The molecule has 4 heteroatoms. The number of alkyl halides is 1. The van der Waals surface area contributed by atoms with E-state index in [0.29, 0.717) is 24.7 Å². The lowest BCUT2D eigenvalue weighted by Crippen LogP contribution is -2.28. The summed E-state index contributed by atoms with van der Waals surface area (Å²) in [6.45, 7) is 4.04. The summed E-state index contributed by atoms with van der Waals surface area (Å²) in [6, 6.07) is 28.6. The van der Waals surface area contributed by atoms with E-state index in [1.807, 2.05) is 67.6 Å². The number of halogens is 1. The SMILES string of the molecule is CCOC(=O)[C@H](CC)Oc1ccc(C(=C(CCCl)c2ccccc2)c2ccccc2)cc1. The maximum Gasteiger partial charge on any atom is 0.347 e. The van der Waals surface area contributed by atoms with E-state index in [1.165, 1.54) is 5.57 Å². The van der Waals surface area contributed by atoms with Crippen molar-refractivity contribution in [1.82, 2.24) is 0 Å². The normalized spacial score (nSPS) is 12.6. The molecule has 3 rings (SSSR count). The van der Waals surface area contributed by atoms with Crippen molar-refractivity contribution in [3.05, 3.63) is 102 Å². The van der Waals surface area contributed by atoms with Gasteiger partial charge in [-0.05, 0) is 59.7 Å². The van der Waals surface area contributed by atoms with Crippen LogP contribution in [0.3, 0.4) is 0 Å². The molecule has 3 aromatic rings. The molecule has 0 aliphatic heterocycles. The number of rotatable bonds is 10. The Kier molecular flexibility index (Phi) is 8.94. The minimum atomic E-state index is -0.610. The van der Waals surface area contributed by atoms with Gasteiger partial charge in [-0.2, -0.15) is 0 Å². The molecule has 3 aromatic carbocycles. The minimum Gasteiger partial charge on any atom is -0.479 e. The third kappa shape index (κ3) is 6.02. The average molecular weight is 449 g/mol. The number of hydrogen-bond donors (Lipinski definition) is 0. The smallest absolute Gasteiger partial charge is 0.347 e. The van der Waals surface area contributed by atoms with Crippen LogP contribution >= 0.6 is 11.6 Å². The molecule has 0 fully saturated rings. The second-order valence-corrected chi connectivity index (χ2v) is 7.69. The van der Waals surface area contributed by atoms with Crippen LogP contribution in [0.15, 0.2) is 84.9 Å². The number of benzene rings is 3. The zero-order valence-electron chi connectivity index (χ0n) is 18.6. The van der Waals surface area contributed by atoms with Crippen LogP contribution in [0.4, 0.5) is 0 Å². The third-order valence-electron chi connectivity index (χ3n) is 5.17. The molecule has 0 saturated heterocycles. The fraction of sp³-hybridized carbons (Fsp3) is 0.250. The lowest BCUT2D eigenvalue weighted by molar-refractivity contribution is -0.151. The van der Waals surface area contributed by atoms with E-state index in [9.17, 15) is 4.79 Å². The molecule has 0 aliphatic rings. The maximum atomic E-state index is 12.1. The molecule has 0 radical (unpaired) electrons. The molecular weight excluding hydrogens is 420 g/mol. The lowest BCUT2D eigenvalue weighted by Gasteiger charge is -2.18. The van der Waals surface area contributed by atoms with E-state index in [-0.39, 0.29) is 5.97 Å². The lowest BCUT2D eigenvalue weighted by atomic mass is 9.88. The summed E-state index contributed by atoms with van der Waals surface area (Å²) in [5.41, 5.74) is 5.68. The third-order valence-corrected chi connectivity index (χ3v) is 5.36. The van der Waals surface area contributed by atoms with Crippen LogP contribution in [0.5, 0.6) is 5.75 Å². The van der Waals surface area contributed by atoms with Crippen molar-refractivity contribution in [3.8, 4) is 5.75 Å². The van der Waals surface area contributed by atoms with Gasteiger partial charge in [-0.1, -0.05) is 79.7 Å². The Labute approximate surface area is 195 Å². The monoisotopic (exact) mass is 448 g/mol. The quantitative estimate of drug-likeness (QED) is 0.190. The van der Waals surface area contributed by atoms with Gasteiger partial charge in [-0.25, -0.2) is 4.79 Å². The number of esters is 1. The van der Waals surface area contributed by atoms with Crippen LogP contribution < -0.4 is 4.74 Å². The highest BCUT2D eigenvalue weighted by atomic mass is 35.5. The summed E-state index contributed by atoms with van der Waals surface area (Å²) >= 11 is 6.22. The topological polar surface area (TPSA) is 35.5 Å². The minimum absolute atomic E-state index is 0.336. The molecule has 3 nitrogen and oxygen atoms in total. The largest absolute Gasteiger partial charge is 0.479 e. The summed E-state index contributed by atoms with van der Waals surface area (Å²) in [5, 5.41) is 0. The van der Waals surface area contributed by atoms with Crippen LogP contribution in [0, 0.1) is 0 Å². The number of allylic oxidation sites excluding steroid dienone is 1. The molecule has 0 aromatic heterocycles. The second-order valence-electron chi connectivity index (χ2n) is 7.32. The van der Waals surface area contributed by atoms with Crippen molar-refractivity contribution in [2.75, 3.05) is 12.5 Å². The molecular formula is C28H29ClO3. The van der Waals surface area contributed by atoms with Crippen LogP contribution in [0.25, 0.3) is 11.1 Å². The van der Waals surface area contributed by atoms with Gasteiger partial charge in [0.2, 0.25) is 0 Å². The van der Waals surface area contributed by atoms with Gasteiger partial charge >= 0.3 is 5.97 Å².